The maximum Gasteiger partial charge on any atom is 0.191 e. The summed E-state index contributed by atoms with van der Waals surface area (Å²) in [6.07, 6.45) is 2.91. The zero-order valence-corrected chi connectivity index (χ0v) is 12.9. The van der Waals surface area contributed by atoms with Crippen LogP contribution in [0.2, 0.25) is 0 Å². The van der Waals surface area contributed by atoms with Gasteiger partial charge >= 0.3 is 0 Å². The van der Waals surface area contributed by atoms with Crippen LogP contribution in [0.4, 0.5) is 17.3 Å². The van der Waals surface area contributed by atoms with Gasteiger partial charge in [0.05, 0.1) is 6.61 Å². The van der Waals surface area contributed by atoms with Gasteiger partial charge in [0, 0.05) is 11.8 Å². The van der Waals surface area contributed by atoms with Crippen LogP contribution in [0, 0.1) is 0 Å². The smallest absolute Gasteiger partial charge is 0.191 e. The van der Waals surface area contributed by atoms with E-state index in [4.69, 9.17) is 10.6 Å². The van der Waals surface area contributed by atoms with Crippen molar-refractivity contribution < 1.29 is 4.74 Å². The lowest BCUT2D eigenvalue weighted by molar-refractivity contribution is 0.317. The maximum absolute atomic E-state index is 5.55. The van der Waals surface area contributed by atoms with Crippen molar-refractivity contribution in [1.82, 2.24) is 9.97 Å². The van der Waals surface area contributed by atoms with Gasteiger partial charge in [-0.05, 0) is 36.9 Å². The average molecular weight is 305 g/mol. The Morgan fingerprint density at radius 3 is 2.52 bits per heavy atom. The number of nitrogen functional groups attached to an aromatic ring is 1. The molecular formula is C14H19N5OS. The highest BCUT2D eigenvalue weighted by Crippen LogP contribution is 2.22. The number of rotatable bonds is 7. The summed E-state index contributed by atoms with van der Waals surface area (Å²) in [5.74, 6) is 7.52. The van der Waals surface area contributed by atoms with Gasteiger partial charge in [-0.25, -0.2) is 15.8 Å². The van der Waals surface area contributed by atoms with Crippen molar-refractivity contribution in [2.24, 2.45) is 5.84 Å². The molecule has 7 heteroatoms. The molecule has 1 heterocycles. The number of nitrogens with one attached hydrogen (secondary N) is 2. The number of aromatic nitrogens is 2. The monoisotopic (exact) mass is 305 g/mol. The minimum absolute atomic E-state index is 0.569. The lowest BCUT2D eigenvalue weighted by Gasteiger charge is -2.10. The highest BCUT2D eigenvalue weighted by Gasteiger charge is 2.04. The maximum atomic E-state index is 5.55. The first-order valence-electron chi connectivity index (χ1n) is 6.64. The van der Waals surface area contributed by atoms with Gasteiger partial charge < -0.3 is 15.5 Å². The second-order valence-corrected chi connectivity index (χ2v) is 5.04. The molecule has 6 nitrogen and oxygen atoms in total. The van der Waals surface area contributed by atoms with Crippen LogP contribution >= 0.6 is 11.8 Å². The van der Waals surface area contributed by atoms with E-state index in [9.17, 15) is 0 Å². The highest BCUT2D eigenvalue weighted by atomic mass is 32.2. The number of hydrogen-bond acceptors (Lipinski definition) is 7. The second-order valence-electron chi connectivity index (χ2n) is 4.27. The molecule has 112 valence electrons. The Labute approximate surface area is 128 Å². The number of hydrazine groups is 1. The molecular weight excluding hydrogens is 286 g/mol. The average Bonchev–Trinajstić information content (AvgIpc) is 2.53. The Morgan fingerprint density at radius 2 is 1.90 bits per heavy atom. The Bertz CT molecular complexity index is 554. The minimum Gasteiger partial charge on any atom is -0.494 e. The zero-order chi connectivity index (χ0) is 15.1. The Kier molecular flexibility index (Phi) is 5.65. The predicted molar refractivity (Wildman–Crippen MR) is 87.1 cm³/mol. The SMILES string of the molecule is CCCOc1ccc(Nc2cc(NN)nc(SC)n2)cc1. The fourth-order valence-corrected chi connectivity index (χ4v) is 2.04. The van der Waals surface area contributed by atoms with Crippen molar-refractivity contribution in [1.29, 1.82) is 0 Å². The van der Waals surface area contributed by atoms with Crippen LogP contribution in [-0.4, -0.2) is 22.8 Å². The van der Waals surface area contributed by atoms with Crippen molar-refractivity contribution in [3.05, 3.63) is 30.3 Å². The molecule has 0 bridgehead atoms. The summed E-state index contributed by atoms with van der Waals surface area (Å²) >= 11 is 1.46. The summed E-state index contributed by atoms with van der Waals surface area (Å²) in [6.45, 7) is 2.80. The van der Waals surface area contributed by atoms with Crippen LogP contribution < -0.4 is 21.3 Å². The molecule has 1 aromatic heterocycles. The molecule has 0 amide bonds. The van der Waals surface area contributed by atoms with Crippen LogP contribution in [-0.2, 0) is 0 Å². The van der Waals surface area contributed by atoms with Crippen molar-refractivity contribution in [3.63, 3.8) is 0 Å². The van der Waals surface area contributed by atoms with E-state index in [1.165, 1.54) is 11.8 Å². The van der Waals surface area contributed by atoms with Crippen LogP contribution in [0.3, 0.4) is 0 Å². The van der Waals surface area contributed by atoms with Crippen molar-refractivity contribution in [2.75, 3.05) is 23.6 Å². The molecule has 4 N–H and O–H groups in total. The first-order chi connectivity index (χ1) is 10.2. The topological polar surface area (TPSA) is 85.1 Å². The van der Waals surface area contributed by atoms with E-state index in [1.54, 1.807) is 6.07 Å². The minimum atomic E-state index is 0.569. The molecule has 1 aromatic carbocycles. The van der Waals surface area contributed by atoms with Gasteiger partial charge in [0.2, 0.25) is 0 Å². The second kappa shape index (κ2) is 7.70. The van der Waals surface area contributed by atoms with Gasteiger partial charge in [-0.1, -0.05) is 18.7 Å². The largest absolute Gasteiger partial charge is 0.494 e. The lowest BCUT2D eigenvalue weighted by atomic mass is 10.3. The van der Waals surface area contributed by atoms with Gasteiger partial charge in [-0.3, -0.25) is 0 Å². The summed E-state index contributed by atoms with van der Waals surface area (Å²) in [6, 6.07) is 9.50. The lowest BCUT2D eigenvalue weighted by Crippen LogP contribution is -2.10. The van der Waals surface area contributed by atoms with Crippen LogP contribution in [0.25, 0.3) is 0 Å². The van der Waals surface area contributed by atoms with Crippen LogP contribution in [0.5, 0.6) is 5.75 Å². The molecule has 21 heavy (non-hydrogen) atoms. The van der Waals surface area contributed by atoms with Crippen LogP contribution in [0.1, 0.15) is 13.3 Å². The van der Waals surface area contributed by atoms with Crippen molar-refractivity contribution >= 4 is 29.1 Å². The quantitative estimate of drug-likeness (QED) is 0.314. The first-order valence-corrected chi connectivity index (χ1v) is 7.87. The highest BCUT2D eigenvalue weighted by molar-refractivity contribution is 7.98. The number of hydrogen-bond donors (Lipinski definition) is 3. The third kappa shape index (κ3) is 4.51. The van der Waals surface area contributed by atoms with Gasteiger partial charge in [-0.15, -0.1) is 0 Å². The Balaban J connectivity index is 2.10. The summed E-state index contributed by atoms with van der Waals surface area (Å²) in [4.78, 5) is 8.60. The number of thioether (sulfide) groups is 1. The normalized spacial score (nSPS) is 10.2. The number of nitrogens with two attached hydrogens (primary N) is 1. The molecule has 0 aliphatic carbocycles. The molecule has 0 spiro atoms. The van der Waals surface area contributed by atoms with E-state index >= 15 is 0 Å². The van der Waals surface area contributed by atoms with Crippen molar-refractivity contribution in [3.8, 4) is 5.75 Å². The predicted octanol–water partition coefficient (Wildman–Crippen LogP) is 3.02. The third-order valence-electron chi connectivity index (χ3n) is 2.64. The molecule has 2 aromatic rings. The number of nitrogens with zero attached hydrogens (tertiary/aromatic N) is 2. The fourth-order valence-electron chi connectivity index (χ4n) is 1.66. The zero-order valence-electron chi connectivity index (χ0n) is 12.1. The molecule has 0 atom stereocenters. The van der Waals surface area contributed by atoms with Crippen LogP contribution in [0.15, 0.2) is 35.5 Å². The summed E-state index contributed by atoms with van der Waals surface area (Å²) < 4.78 is 5.55. The van der Waals surface area contributed by atoms with E-state index in [0.717, 1.165) is 24.5 Å². The van der Waals surface area contributed by atoms with E-state index in [1.807, 2.05) is 30.5 Å². The Morgan fingerprint density at radius 1 is 1.19 bits per heavy atom. The Hall–Kier alpha value is -1.99. The number of benzene rings is 1. The molecule has 0 radical (unpaired) electrons. The molecule has 0 unspecified atom stereocenters. The molecule has 0 fully saturated rings. The standard InChI is InChI=1S/C14H19N5OS/c1-3-8-20-11-6-4-10(5-7-11)16-12-9-13(19-15)18-14(17-12)21-2/h4-7,9H,3,8,15H2,1-2H3,(H2,16,17,18,19). The van der Waals surface area contributed by atoms with E-state index in [2.05, 4.69) is 27.6 Å². The summed E-state index contributed by atoms with van der Waals surface area (Å²) in [7, 11) is 0. The van der Waals surface area contributed by atoms with E-state index in [0.29, 0.717) is 16.8 Å². The van der Waals surface area contributed by atoms with Gasteiger partial charge in [0.15, 0.2) is 5.16 Å². The van der Waals surface area contributed by atoms with Gasteiger partial charge in [0.25, 0.3) is 0 Å². The van der Waals surface area contributed by atoms with E-state index < -0.39 is 0 Å². The fraction of sp³-hybridized carbons (Fsp3) is 0.286. The summed E-state index contributed by atoms with van der Waals surface area (Å²) in [5.41, 5.74) is 3.46. The first kappa shape index (κ1) is 15.4. The molecule has 0 aliphatic heterocycles. The summed E-state index contributed by atoms with van der Waals surface area (Å²) in [5, 5.41) is 3.87. The van der Waals surface area contributed by atoms with Gasteiger partial charge in [0.1, 0.15) is 17.4 Å². The number of anilines is 3. The third-order valence-corrected chi connectivity index (χ3v) is 3.18. The van der Waals surface area contributed by atoms with Crippen molar-refractivity contribution in [2.45, 2.75) is 18.5 Å². The molecule has 0 saturated heterocycles. The van der Waals surface area contributed by atoms with Gasteiger partial charge in [-0.2, -0.15) is 0 Å². The number of ether oxygens (including phenoxy) is 1. The van der Waals surface area contributed by atoms with E-state index in [-0.39, 0.29) is 0 Å². The molecule has 2 rings (SSSR count). The molecule has 0 aliphatic rings. The molecule has 0 saturated carbocycles.